The highest BCUT2D eigenvalue weighted by Gasteiger charge is 2.25. The normalized spacial score (nSPS) is 11.5. The Hall–Kier alpha value is -7.69. The van der Waals surface area contributed by atoms with E-state index in [1.165, 1.54) is 5.56 Å². The van der Waals surface area contributed by atoms with Gasteiger partial charge in [0, 0.05) is 33.0 Å². The van der Waals surface area contributed by atoms with Crippen LogP contribution in [0, 0.1) is 0 Å². The molecule has 4 heteroatoms. The molecule has 266 valence electrons. The highest BCUT2D eigenvalue weighted by molar-refractivity contribution is 6.26. The van der Waals surface area contributed by atoms with Crippen molar-refractivity contribution in [2.75, 3.05) is 0 Å². The molecule has 0 atom stereocenters. The van der Waals surface area contributed by atoms with E-state index in [2.05, 4.69) is 176 Å². The number of hydrogen-bond donors (Lipinski definition) is 0. The van der Waals surface area contributed by atoms with Gasteiger partial charge in [0.2, 0.25) is 0 Å². The Balaban J connectivity index is 1.18. The van der Waals surface area contributed by atoms with Gasteiger partial charge in [0.05, 0.1) is 0 Å². The number of hydrogen-bond acceptors (Lipinski definition) is 4. The lowest BCUT2D eigenvalue weighted by atomic mass is 9.90. The molecule has 2 heterocycles. The summed E-state index contributed by atoms with van der Waals surface area (Å²) in [6.07, 6.45) is 0. The average Bonchev–Trinajstić information content (AvgIpc) is 3.67. The predicted octanol–water partition coefficient (Wildman–Crippen LogP) is 14.1. The first kappa shape index (κ1) is 32.7. The van der Waals surface area contributed by atoms with Crippen molar-refractivity contribution in [2.24, 2.45) is 0 Å². The van der Waals surface area contributed by atoms with Crippen LogP contribution in [0.3, 0.4) is 0 Å². The standard InChI is InChI=1S/C53H33N3O/c1-3-13-34(14-4-1)37-23-28-39(29-24-37)47-43-19-9-10-20-44(43)49(48-45-21-11-12-22-46(45)57-50(47)48)53-55-51(40-30-25-38(26-31-40)35-15-5-2-6-16-35)54-52(56-53)42-32-27-36-17-7-8-18-41(36)33-42/h1-33H. The van der Waals surface area contributed by atoms with E-state index in [0.717, 1.165) is 88.0 Å². The lowest BCUT2D eigenvalue weighted by Gasteiger charge is -2.15. The third-order valence-electron chi connectivity index (χ3n) is 10.9. The molecule has 57 heavy (non-hydrogen) atoms. The maximum Gasteiger partial charge on any atom is 0.165 e. The number of aromatic nitrogens is 3. The summed E-state index contributed by atoms with van der Waals surface area (Å²) in [5.74, 6) is 1.81. The maximum atomic E-state index is 6.89. The molecule has 11 aromatic rings. The number of furan rings is 1. The van der Waals surface area contributed by atoms with Crippen LogP contribution in [0.1, 0.15) is 0 Å². The van der Waals surface area contributed by atoms with E-state index < -0.39 is 0 Å². The quantitative estimate of drug-likeness (QED) is 0.171. The summed E-state index contributed by atoms with van der Waals surface area (Å²) < 4.78 is 6.89. The number of benzene rings is 9. The summed E-state index contributed by atoms with van der Waals surface area (Å²) in [4.78, 5) is 15.8. The van der Waals surface area contributed by atoms with Crippen LogP contribution in [-0.2, 0) is 0 Å². The fraction of sp³-hybridized carbons (Fsp3) is 0. The summed E-state index contributed by atoms with van der Waals surface area (Å²) in [6.45, 7) is 0. The van der Waals surface area contributed by atoms with Crippen molar-refractivity contribution >= 4 is 43.5 Å². The molecule has 0 aliphatic rings. The minimum absolute atomic E-state index is 0.592. The maximum absolute atomic E-state index is 6.89. The molecular weight excluding hydrogens is 695 g/mol. The molecule has 9 aromatic carbocycles. The Kier molecular flexibility index (Phi) is 7.78. The van der Waals surface area contributed by atoms with Crippen molar-refractivity contribution in [3.05, 3.63) is 200 Å². The second-order valence-corrected chi connectivity index (χ2v) is 14.4. The molecule has 11 rings (SSSR count). The molecule has 0 spiro atoms. The Morgan fingerprint density at radius 2 is 0.754 bits per heavy atom. The molecule has 0 radical (unpaired) electrons. The molecule has 2 aromatic heterocycles. The van der Waals surface area contributed by atoms with E-state index in [9.17, 15) is 0 Å². The molecule has 0 bridgehead atoms. The summed E-state index contributed by atoms with van der Waals surface area (Å²) in [5, 5.41) is 6.39. The number of fused-ring (bicyclic) bond motifs is 5. The van der Waals surface area contributed by atoms with Gasteiger partial charge in [-0.15, -0.1) is 0 Å². The fourth-order valence-electron chi connectivity index (χ4n) is 8.14. The second-order valence-electron chi connectivity index (χ2n) is 14.4. The molecule has 0 N–H and O–H groups in total. The Morgan fingerprint density at radius 3 is 1.42 bits per heavy atom. The third-order valence-corrected chi connectivity index (χ3v) is 10.9. The van der Waals surface area contributed by atoms with E-state index in [-0.39, 0.29) is 0 Å². The highest BCUT2D eigenvalue weighted by Crippen LogP contribution is 2.47. The van der Waals surface area contributed by atoms with Crippen LogP contribution in [-0.4, -0.2) is 15.0 Å². The Morgan fingerprint density at radius 1 is 0.298 bits per heavy atom. The zero-order valence-electron chi connectivity index (χ0n) is 30.8. The summed E-state index contributed by atoms with van der Waals surface area (Å²) in [7, 11) is 0. The molecule has 0 fully saturated rings. The van der Waals surface area contributed by atoms with E-state index in [1.807, 2.05) is 24.3 Å². The molecule has 0 aliphatic carbocycles. The van der Waals surface area contributed by atoms with Gasteiger partial charge in [0.25, 0.3) is 0 Å². The highest BCUT2D eigenvalue weighted by atomic mass is 16.3. The zero-order chi connectivity index (χ0) is 37.7. The van der Waals surface area contributed by atoms with Gasteiger partial charge in [0.15, 0.2) is 17.5 Å². The van der Waals surface area contributed by atoms with Crippen LogP contribution in [0.2, 0.25) is 0 Å². The Labute approximate surface area is 329 Å². The van der Waals surface area contributed by atoms with Crippen LogP contribution in [0.15, 0.2) is 205 Å². The lowest BCUT2D eigenvalue weighted by Crippen LogP contribution is -2.01. The SMILES string of the molecule is c1ccc(-c2ccc(-c3nc(-c4ccc5ccccc5c4)nc(-c4c5ccccc5c(-c5ccc(-c6ccccc6)cc5)c5oc6ccccc6c45)n3)cc2)cc1. The number of nitrogens with zero attached hydrogens (tertiary/aromatic N) is 3. The summed E-state index contributed by atoms with van der Waals surface area (Å²) >= 11 is 0. The topological polar surface area (TPSA) is 51.8 Å². The van der Waals surface area contributed by atoms with Gasteiger partial charge in [-0.05, 0) is 61.5 Å². The van der Waals surface area contributed by atoms with Gasteiger partial charge in [-0.2, -0.15) is 0 Å². The van der Waals surface area contributed by atoms with Crippen molar-refractivity contribution in [3.8, 4) is 67.5 Å². The van der Waals surface area contributed by atoms with Crippen molar-refractivity contribution in [3.63, 3.8) is 0 Å². The van der Waals surface area contributed by atoms with E-state index in [1.54, 1.807) is 0 Å². The van der Waals surface area contributed by atoms with Crippen molar-refractivity contribution in [1.82, 2.24) is 15.0 Å². The zero-order valence-corrected chi connectivity index (χ0v) is 30.8. The van der Waals surface area contributed by atoms with E-state index in [0.29, 0.717) is 17.5 Å². The lowest BCUT2D eigenvalue weighted by molar-refractivity contribution is 0.670. The minimum atomic E-state index is 0.592. The minimum Gasteiger partial charge on any atom is -0.455 e. The summed E-state index contributed by atoms with van der Waals surface area (Å²) in [6, 6.07) is 69.8. The van der Waals surface area contributed by atoms with Crippen LogP contribution < -0.4 is 0 Å². The van der Waals surface area contributed by atoms with Crippen molar-refractivity contribution in [2.45, 2.75) is 0 Å². The number of para-hydroxylation sites is 1. The van der Waals surface area contributed by atoms with Crippen LogP contribution in [0.25, 0.3) is 111 Å². The molecular formula is C53H33N3O. The largest absolute Gasteiger partial charge is 0.455 e. The molecule has 0 saturated carbocycles. The van der Waals surface area contributed by atoms with Gasteiger partial charge in [-0.1, -0.05) is 188 Å². The molecule has 0 saturated heterocycles. The second kappa shape index (κ2) is 13.6. The average molecular weight is 728 g/mol. The first-order valence-corrected chi connectivity index (χ1v) is 19.2. The first-order valence-electron chi connectivity index (χ1n) is 19.2. The van der Waals surface area contributed by atoms with Crippen molar-refractivity contribution < 1.29 is 4.42 Å². The molecule has 0 amide bonds. The fourth-order valence-corrected chi connectivity index (χ4v) is 8.14. The van der Waals surface area contributed by atoms with Crippen molar-refractivity contribution in [1.29, 1.82) is 0 Å². The van der Waals surface area contributed by atoms with E-state index in [4.69, 9.17) is 19.4 Å². The predicted molar refractivity (Wildman–Crippen MR) is 235 cm³/mol. The van der Waals surface area contributed by atoms with Gasteiger partial charge < -0.3 is 4.42 Å². The van der Waals surface area contributed by atoms with E-state index >= 15 is 0 Å². The van der Waals surface area contributed by atoms with Gasteiger partial charge in [-0.25, -0.2) is 15.0 Å². The molecule has 4 nitrogen and oxygen atoms in total. The summed E-state index contributed by atoms with van der Waals surface area (Å²) in [5.41, 5.74) is 11.1. The molecule has 0 unspecified atom stereocenters. The van der Waals surface area contributed by atoms with Crippen LogP contribution in [0.5, 0.6) is 0 Å². The Bertz CT molecular complexity index is 3260. The van der Waals surface area contributed by atoms with Gasteiger partial charge in [-0.3, -0.25) is 0 Å². The number of rotatable bonds is 6. The van der Waals surface area contributed by atoms with Gasteiger partial charge >= 0.3 is 0 Å². The van der Waals surface area contributed by atoms with Crippen LogP contribution in [0.4, 0.5) is 0 Å². The third kappa shape index (κ3) is 5.74. The monoisotopic (exact) mass is 727 g/mol. The molecule has 0 aliphatic heterocycles. The van der Waals surface area contributed by atoms with Crippen LogP contribution >= 0.6 is 0 Å². The first-order chi connectivity index (χ1) is 28.2. The van der Waals surface area contributed by atoms with Gasteiger partial charge in [0.1, 0.15) is 11.2 Å². The smallest absolute Gasteiger partial charge is 0.165 e.